The summed E-state index contributed by atoms with van der Waals surface area (Å²) in [5, 5.41) is 6.56. The molecule has 1 amide bonds. The molecule has 2 N–H and O–H groups in total. The summed E-state index contributed by atoms with van der Waals surface area (Å²) in [6, 6.07) is 3.16. The van der Waals surface area contributed by atoms with Crippen LogP contribution in [0.1, 0.15) is 32.6 Å². The molecular formula is C19H30FIN6O. The molecule has 1 atom stereocenters. The van der Waals surface area contributed by atoms with Gasteiger partial charge in [-0.1, -0.05) is 0 Å². The maximum absolute atomic E-state index is 13.9. The minimum atomic E-state index is -0.300. The van der Waals surface area contributed by atoms with E-state index < -0.39 is 0 Å². The van der Waals surface area contributed by atoms with Gasteiger partial charge < -0.3 is 20.4 Å². The number of likely N-dealkylation sites (tertiary alicyclic amines) is 1. The number of carbonyl (C=O) groups excluding carboxylic acids is 1. The monoisotopic (exact) mass is 504 g/mol. The molecule has 0 radical (unpaired) electrons. The predicted molar refractivity (Wildman–Crippen MR) is 120 cm³/mol. The maximum Gasteiger partial charge on any atom is 0.244 e. The SMILES string of the molecule is CCNC(=NCC(=O)N1CCCCC1)NC1CCN(c2ncccc2F)C1.I. The number of amides is 1. The Bertz CT molecular complexity index is 668. The zero-order chi connectivity index (χ0) is 19.1. The Hall–Kier alpha value is -1.65. The maximum atomic E-state index is 13.9. The fourth-order valence-corrected chi connectivity index (χ4v) is 3.58. The lowest BCUT2D eigenvalue weighted by Crippen LogP contribution is -2.45. The van der Waals surface area contributed by atoms with E-state index in [0.29, 0.717) is 18.3 Å². The average Bonchev–Trinajstić information content (AvgIpc) is 3.15. The van der Waals surface area contributed by atoms with E-state index in [9.17, 15) is 9.18 Å². The lowest BCUT2D eigenvalue weighted by molar-refractivity contribution is -0.130. The van der Waals surface area contributed by atoms with E-state index in [-0.39, 0.29) is 48.3 Å². The number of aromatic nitrogens is 1. The number of nitrogens with zero attached hydrogens (tertiary/aromatic N) is 4. The van der Waals surface area contributed by atoms with Crippen LogP contribution in [-0.2, 0) is 4.79 Å². The van der Waals surface area contributed by atoms with Gasteiger partial charge in [-0.05, 0) is 44.7 Å². The third kappa shape index (κ3) is 6.18. The van der Waals surface area contributed by atoms with Crippen LogP contribution in [-0.4, -0.2) is 67.1 Å². The summed E-state index contributed by atoms with van der Waals surface area (Å²) in [7, 11) is 0. The number of rotatable bonds is 5. The molecule has 2 aliphatic rings. The molecule has 2 fully saturated rings. The molecule has 3 heterocycles. The Morgan fingerprint density at radius 2 is 2.11 bits per heavy atom. The molecule has 9 heteroatoms. The molecule has 1 aromatic rings. The highest BCUT2D eigenvalue weighted by molar-refractivity contribution is 14.0. The molecule has 0 bridgehead atoms. The van der Waals surface area contributed by atoms with Gasteiger partial charge in [0.1, 0.15) is 6.54 Å². The van der Waals surface area contributed by atoms with E-state index in [1.54, 1.807) is 12.3 Å². The van der Waals surface area contributed by atoms with Gasteiger partial charge in [0.05, 0.1) is 0 Å². The molecule has 28 heavy (non-hydrogen) atoms. The van der Waals surface area contributed by atoms with E-state index in [0.717, 1.165) is 45.4 Å². The van der Waals surface area contributed by atoms with Crippen LogP contribution >= 0.6 is 24.0 Å². The van der Waals surface area contributed by atoms with Gasteiger partial charge in [-0.2, -0.15) is 0 Å². The normalized spacial score (nSPS) is 19.9. The van der Waals surface area contributed by atoms with Crippen molar-refractivity contribution in [2.24, 2.45) is 4.99 Å². The minimum Gasteiger partial charge on any atom is -0.357 e. The van der Waals surface area contributed by atoms with Crippen molar-refractivity contribution in [3.05, 3.63) is 24.1 Å². The number of guanidine groups is 1. The predicted octanol–water partition coefficient (Wildman–Crippen LogP) is 1.98. The molecule has 1 unspecified atom stereocenters. The number of aliphatic imine (C=N–C) groups is 1. The van der Waals surface area contributed by atoms with E-state index in [4.69, 9.17) is 0 Å². The van der Waals surface area contributed by atoms with Gasteiger partial charge in [0, 0.05) is 45.0 Å². The van der Waals surface area contributed by atoms with Gasteiger partial charge >= 0.3 is 0 Å². The number of hydrogen-bond donors (Lipinski definition) is 2. The summed E-state index contributed by atoms with van der Waals surface area (Å²) < 4.78 is 13.9. The second-order valence-corrected chi connectivity index (χ2v) is 7.02. The first-order valence-corrected chi connectivity index (χ1v) is 9.85. The molecular weight excluding hydrogens is 474 g/mol. The molecule has 1 aromatic heterocycles. The number of piperidine rings is 1. The molecule has 0 saturated carbocycles. The molecule has 2 saturated heterocycles. The lowest BCUT2D eigenvalue weighted by atomic mass is 10.1. The van der Waals surface area contributed by atoms with Crippen LogP contribution in [0.5, 0.6) is 0 Å². The fraction of sp³-hybridized carbons (Fsp3) is 0.632. The Balaban J connectivity index is 0.00000280. The van der Waals surface area contributed by atoms with Gasteiger partial charge in [-0.15, -0.1) is 24.0 Å². The van der Waals surface area contributed by atoms with Crippen molar-refractivity contribution >= 4 is 41.7 Å². The second kappa shape index (κ2) is 11.4. The van der Waals surface area contributed by atoms with Crippen molar-refractivity contribution < 1.29 is 9.18 Å². The number of hydrogen-bond acceptors (Lipinski definition) is 4. The molecule has 3 rings (SSSR count). The Morgan fingerprint density at radius 3 is 2.82 bits per heavy atom. The van der Waals surface area contributed by atoms with E-state index in [1.807, 2.05) is 16.7 Å². The molecule has 2 aliphatic heterocycles. The van der Waals surface area contributed by atoms with Crippen LogP contribution in [0.15, 0.2) is 23.3 Å². The van der Waals surface area contributed by atoms with Crippen molar-refractivity contribution in [3.8, 4) is 0 Å². The zero-order valence-electron chi connectivity index (χ0n) is 16.4. The smallest absolute Gasteiger partial charge is 0.244 e. The Labute approximate surface area is 183 Å². The van der Waals surface area contributed by atoms with Crippen molar-refractivity contribution in [2.75, 3.05) is 44.2 Å². The van der Waals surface area contributed by atoms with Crippen LogP contribution in [0.4, 0.5) is 10.2 Å². The topological polar surface area (TPSA) is 72.9 Å². The molecule has 7 nitrogen and oxygen atoms in total. The van der Waals surface area contributed by atoms with Crippen LogP contribution in [0, 0.1) is 5.82 Å². The van der Waals surface area contributed by atoms with Gasteiger partial charge in [-0.25, -0.2) is 14.4 Å². The number of carbonyl (C=O) groups is 1. The van der Waals surface area contributed by atoms with Gasteiger partial charge in [0.15, 0.2) is 17.6 Å². The van der Waals surface area contributed by atoms with Crippen molar-refractivity contribution in [1.82, 2.24) is 20.5 Å². The van der Waals surface area contributed by atoms with Crippen LogP contribution in [0.3, 0.4) is 0 Å². The second-order valence-electron chi connectivity index (χ2n) is 7.02. The standard InChI is InChI=1S/C19H29FN6O.HI/c1-2-21-19(23-13-17(27)25-10-4-3-5-11-25)24-15-8-12-26(14-15)18-16(20)7-6-9-22-18;/h6-7,9,15H,2-5,8,10-14H2,1H3,(H2,21,23,24);1H. The molecule has 0 aromatic carbocycles. The molecule has 156 valence electrons. The lowest BCUT2D eigenvalue weighted by Gasteiger charge is -2.26. The number of pyridine rings is 1. The minimum absolute atomic E-state index is 0. The van der Waals surface area contributed by atoms with E-state index in [2.05, 4.69) is 20.6 Å². The Morgan fingerprint density at radius 1 is 1.32 bits per heavy atom. The first-order valence-electron chi connectivity index (χ1n) is 9.85. The first-order chi connectivity index (χ1) is 13.2. The number of nitrogens with one attached hydrogen (secondary N) is 2. The summed E-state index contributed by atoms with van der Waals surface area (Å²) in [4.78, 5) is 24.8. The van der Waals surface area contributed by atoms with Crippen LogP contribution in [0.25, 0.3) is 0 Å². The largest absolute Gasteiger partial charge is 0.357 e. The highest BCUT2D eigenvalue weighted by atomic mass is 127. The quantitative estimate of drug-likeness (QED) is 0.365. The summed E-state index contributed by atoms with van der Waals surface area (Å²) in [6.07, 6.45) is 5.83. The highest BCUT2D eigenvalue weighted by Crippen LogP contribution is 2.20. The summed E-state index contributed by atoms with van der Waals surface area (Å²) >= 11 is 0. The third-order valence-electron chi connectivity index (χ3n) is 4.99. The van der Waals surface area contributed by atoms with Gasteiger partial charge in [0.25, 0.3) is 0 Å². The Kier molecular flexibility index (Phi) is 9.20. The third-order valence-corrected chi connectivity index (χ3v) is 4.99. The van der Waals surface area contributed by atoms with Crippen LogP contribution < -0.4 is 15.5 Å². The average molecular weight is 504 g/mol. The van der Waals surface area contributed by atoms with E-state index >= 15 is 0 Å². The van der Waals surface area contributed by atoms with Crippen LogP contribution in [0.2, 0.25) is 0 Å². The summed E-state index contributed by atoms with van der Waals surface area (Å²) in [5.74, 6) is 0.807. The highest BCUT2D eigenvalue weighted by Gasteiger charge is 2.26. The van der Waals surface area contributed by atoms with E-state index in [1.165, 1.54) is 12.5 Å². The zero-order valence-corrected chi connectivity index (χ0v) is 18.7. The van der Waals surface area contributed by atoms with Gasteiger partial charge in [0.2, 0.25) is 5.91 Å². The van der Waals surface area contributed by atoms with Gasteiger partial charge in [-0.3, -0.25) is 4.79 Å². The van der Waals surface area contributed by atoms with Crippen molar-refractivity contribution in [1.29, 1.82) is 0 Å². The number of anilines is 1. The van der Waals surface area contributed by atoms with Crippen molar-refractivity contribution in [2.45, 2.75) is 38.6 Å². The molecule has 0 aliphatic carbocycles. The number of halogens is 2. The summed E-state index contributed by atoms with van der Waals surface area (Å²) in [5.41, 5.74) is 0. The first kappa shape index (κ1) is 22.6. The van der Waals surface area contributed by atoms with Crippen molar-refractivity contribution in [3.63, 3.8) is 0 Å². The fourth-order valence-electron chi connectivity index (χ4n) is 3.58. The molecule has 0 spiro atoms. The summed E-state index contributed by atoms with van der Waals surface area (Å²) in [6.45, 7) is 5.93.